The third-order valence-corrected chi connectivity index (χ3v) is 5.46. The van der Waals surface area contributed by atoms with Crippen molar-refractivity contribution < 1.29 is 14.2 Å². The summed E-state index contributed by atoms with van der Waals surface area (Å²) < 4.78 is 17.3. The molecule has 1 spiro atoms. The van der Waals surface area contributed by atoms with Gasteiger partial charge in [-0.1, -0.05) is 18.2 Å². The van der Waals surface area contributed by atoms with Crippen LogP contribution in [0.2, 0.25) is 0 Å². The van der Waals surface area contributed by atoms with E-state index in [0.717, 1.165) is 50.6 Å². The lowest BCUT2D eigenvalue weighted by Gasteiger charge is -2.50. The smallest absolute Gasteiger partial charge is 0.118 e. The van der Waals surface area contributed by atoms with E-state index in [1.807, 2.05) is 30.5 Å². The van der Waals surface area contributed by atoms with Gasteiger partial charge >= 0.3 is 0 Å². The van der Waals surface area contributed by atoms with Gasteiger partial charge in [-0.15, -0.1) is 0 Å². The van der Waals surface area contributed by atoms with Crippen LogP contribution in [0.4, 0.5) is 0 Å². The van der Waals surface area contributed by atoms with Crippen molar-refractivity contribution in [1.82, 2.24) is 9.88 Å². The van der Waals surface area contributed by atoms with E-state index in [1.165, 1.54) is 5.56 Å². The molecule has 0 aliphatic carbocycles. The number of rotatable bonds is 7. The zero-order chi connectivity index (χ0) is 17.8. The first-order valence-corrected chi connectivity index (χ1v) is 9.23. The van der Waals surface area contributed by atoms with Crippen molar-refractivity contribution in [2.45, 2.75) is 25.2 Å². The Bertz CT molecular complexity index is 699. The summed E-state index contributed by atoms with van der Waals surface area (Å²) in [5.74, 6) is 1.38. The lowest BCUT2D eigenvalue weighted by molar-refractivity contribution is -0.146. The maximum atomic E-state index is 6.14. The monoisotopic (exact) mass is 354 g/mol. The molecule has 0 N–H and O–H groups in total. The molecule has 26 heavy (non-hydrogen) atoms. The van der Waals surface area contributed by atoms with Crippen molar-refractivity contribution in [2.75, 3.05) is 33.4 Å². The average molecular weight is 354 g/mol. The number of hydrogen-bond donors (Lipinski definition) is 0. The molecule has 0 amide bonds. The van der Waals surface area contributed by atoms with Crippen molar-refractivity contribution in [3.8, 4) is 5.75 Å². The maximum absolute atomic E-state index is 6.14. The van der Waals surface area contributed by atoms with Gasteiger partial charge in [0, 0.05) is 44.6 Å². The number of likely N-dealkylation sites (tertiary alicyclic amines) is 1. The van der Waals surface area contributed by atoms with Gasteiger partial charge in [-0.25, -0.2) is 0 Å². The van der Waals surface area contributed by atoms with Crippen LogP contribution in [-0.2, 0) is 22.6 Å². The largest absolute Gasteiger partial charge is 0.497 e. The molecule has 138 valence electrons. The van der Waals surface area contributed by atoms with Gasteiger partial charge in [0.2, 0.25) is 0 Å². The van der Waals surface area contributed by atoms with E-state index in [4.69, 9.17) is 14.2 Å². The molecule has 5 nitrogen and oxygen atoms in total. The molecular weight excluding hydrogens is 328 g/mol. The van der Waals surface area contributed by atoms with Gasteiger partial charge in [0.1, 0.15) is 5.75 Å². The number of pyridine rings is 1. The second-order valence-electron chi connectivity index (χ2n) is 7.27. The minimum Gasteiger partial charge on any atom is -0.497 e. The van der Waals surface area contributed by atoms with Crippen LogP contribution >= 0.6 is 0 Å². The summed E-state index contributed by atoms with van der Waals surface area (Å²) >= 11 is 0. The Balaban J connectivity index is 1.26. The van der Waals surface area contributed by atoms with Crippen LogP contribution in [0.15, 0.2) is 48.8 Å². The summed E-state index contributed by atoms with van der Waals surface area (Å²) in [7, 11) is 1.70. The lowest BCUT2D eigenvalue weighted by atomic mass is 9.81. The molecule has 2 fully saturated rings. The second kappa shape index (κ2) is 7.74. The van der Waals surface area contributed by atoms with Crippen molar-refractivity contribution >= 4 is 0 Å². The van der Waals surface area contributed by atoms with E-state index in [2.05, 4.69) is 22.0 Å². The van der Waals surface area contributed by atoms with Gasteiger partial charge in [0.05, 0.1) is 25.9 Å². The van der Waals surface area contributed by atoms with Gasteiger partial charge in [0.15, 0.2) is 0 Å². The molecule has 4 rings (SSSR count). The number of aromatic nitrogens is 1. The highest BCUT2D eigenvalue weighted by molar-refractivity contribution is 5.27. The maximum Gasteiger partial charge on any atom is 0.118 e. The summed E-state index contributed by atoms with van der Waals surface area (Å²) in [5.41, 5.74) is 2.42. The summed E-state index contributed by atoms with van der Waals surface area (Å²) in [4.78, 5) is 6.58. The molecule has 0 bridgehead atoms. The van der Waals surface area contributed by atoms with Crippen LogP contribution in [-0.4, -0.2) is 48.9 Å². The van der Waals surface area contributed by atoms with Crippen LogP contribution in [0.1, 0.15) is 17.5 Å². The van der Waals surface area contributed by atoms with Crippen molar-refractivity contribution in [1.29, 1.82) is 0 Å². The van der Waals surface area contributed by atoms with Crippen LogP contribution < -0.4 is 4.74 Å². The second-order valence-corrected chi connectivity index (χ2v) is 7.27. The van der Waals surface area contributed by atoms with Crippen molar-refractivity contribution in [3.63, 3.8) is 0 Å². The Morgan fingerprint density at radius 3 is 2.77 bits per heavy atom. The molecule has 1 aromatic heterocycles. The molecule has 0 unspecified atom stereocenters. The molecule has 1 atom stereocenters. The summed E-state index contributed by atoms with van der Waals surface area (Å²) in [6, 6.07) is 12.3. The molecule has 0 radical (unpaired) electrons. The highest BCUT2D eigenvalue weighted by Gasteiger charge is 2.52. The molecule has 2 saturated heterocycles. The third-order valence-electron chi connectivity index (χ3n) is 5.46. The first-order chi connectivity index (χ1) is 12.8. The summed E-state index contributed by atoms with van der Waals surface area (Å²) in [6.45, 7) is 5.15. The molecule has 3 heterocycles. The van der Waals surface area contributed by atoms with E-state index >= 15 is 0 Å². The number of benzene rings is 1. The topological polar surface area (TPSA) is 43.8 Å². The number of methoxy groups -OCH3 is 1. The average Bonchev–Trinajstić information content (AvgIpc) is 3.07. The number of ether oxygens (including phenoxy) is 3. The number of nitrogens with zero attached hydrogens (tertiary/aromatic N) is 2. The van der Waals surface area contributed by atoms with Gasteiger partial charge < -0.3 is 14.2 Å². The molecule has 2 aliphatic rings. The van der Waals surface area contributed by atoms with E-state index in [0.29, 0.717) is 12.5 Å². The quantitative estimate of drug-likeness (QED) is 0.765. The SMILES string of the molecule is COc1ccc(CN2CC3(C2)OCC[C@H]3COCc2cccnc2)cc1. The van der Waals surface area contributed by atoms with Crippen LogP contribution in [0, 0.1) is 5.92 Å². The van der Waals surface area contributed by atoms with Gasteiger partial charge in [-0.2, -0.15) is 0 Å². The highest BCUT2D eigenvalue weighted by Crippen LogP contribution is 2.40. The predicted molar refractivity (Wildman–Crippen MR) is 99.0 cm³/mol. The van der Waals surface area contributed by atoms with E-state index in [9.17, 15) is 0 Å². The molecule has 5 heteroatoms. The van der Waals surface area contributed by atoms with Crippen LogP contribution in [0.25, 0.3) is 0 Å². The lowest BCUT2D eigenvalue weighted by Crippen LogP contribution is -2.64. The third kappa shape index (κ3) is 3.75. The molecular formula is C21H26N2O3. The molecule has 2 aromatic rings. The summed E-state index contributed by atoms with van der Waals surface area (Å²) in [5, 5.41) is 0. The Kier molecular flexibility index (Phi) is 5.20. The standard InChI is InChI=1S/C21H26N2O3/c1-24-20-6-4-17(5-7-20)12-23-15-21(16-23)19(8-10-26-21)14-25-13-18-3-2-9-22-11-18/h2-7,9,11,19H,8,10,12-16H2,1H3/t19-/m0/s1. The fourth-order valence-corrected chi connectivity index (χ4v) is 3.98. The van der Waals surface area contributed by atoms with Crippen molar-refractivity contribution in [3.05, 3.63) is 59.9 Å². The first kappa shape index (κ1) is 17.5. The minimum absolute atomic E-state index is 0.0125. The molecule has 0 saturated carbocycles. The van der Waals surface area contributed by atoms with Gasteiger partial charge in [-0.3, -0.25) is 9.88 Å². The zero-order valence-electron chi connectivity index (χ0n) is 15.3. The van der Waals surface area contributed by atoms with E-state index < -0.39 is 0 Å². The Morgan fingerprint density at radius 1 is 1.19 bits per heavy atom. The first-order valence-electron chi connectivity index (χ1n) is 9.23. The zero-order valence-corrected chi connectivity index (χ0v) is 15.3. The fraction of sp³-hybridized carbons (Fsp3) is 0.476. The van der Waals surface area contributed by atoms with Gasteiger partial charge in [0.25, 0.3) is 0 Å². The predicted octanol–water partition coefficient (Wildman–Crippen LogP) is 2.90. The van der Waals surface area contributed by atoms with Crippen LogP contribution in [0.5, 0.6) is 5.75 Å². The Morgan fingerprint density at radius 2 is 2.04 bits per heavy atom. The fourth-order valence-electron chi connectivity index (χ4n) is 3.98. The Hall–Kier alpha value is -1.95. The normalized spacial score (nSPS) is 21.7. The minimum atomic E-state index is -0.0125. The van der Waals surface area contributed by atoms with E-state index in [-0.39, 0.29) is 5.60 Å². The highest BCUT2D eigenvalue weighted by atomic mass is 16.5. The van der Waals surface area contributed by atoms with E-state index in [1.54, 1.807) is 13.3 Å². The Labute approximate surface area is 154 Å². The molecule has 2 aliphatic heterocycles. The molecule has 1 aromatic carbocycles. The van der Waals surface area contributed by atoms with Gasteiger partial charge in [-0.05, 0) is 35.7 Å². The number of hydrogen-bond acceptors (Lipinski definition) is 5. The van der Waals surface area contributed by atoms with Crippen molar-refractivity contribution in [2.24, 2.45) is 5.92 Å². The van der Waals surface area contributed by atoms with Crippen LogP contribution in [0.3, 0.4) is 0 Å². The summed E-state index contributed by atoms with van der Waals surface area (Å²) in [6.07, 6.45) is 4.74.